The molecule has 7 heteroatoms. The van der Waals surface area contributed by atoms with E-state index in [1.165, 1.54) is 0 Å². The van der Waals surface area contributed by atoms with Gasteiger partial charge in [-0.1, -0.05) is 24.4 Å². The van der Waals surface area contributed by atoms with Gasteiger partial charge >= 0.3 is 0 Å². The number of hydrogen-bond acceptors (Lipinski definition) is 4. The van der Waals surface area contributed by atoms with Crippen LogP contribution in [0.4, 0.5) is 0 Å². The zero-order valence-electron chi connectivity index (χ0n) is 11.6. The highest BCUT2D eigenvalue weighted by atomic mass is 32.2. The second kappa shape index (κ2) is 5.64. The third-order valence-electron chi connectivity index (χ3n) is 4.16. The molecule has 0 bridgehead atoms. The van der Waals surface area contributed by atoms with Crippen molar-refractivity contribution in [3.8, 4) is 0 Å². The molecule has 3 rings (SSSR count). The van der Waals surface area contributed by atoms with Gasteiger partial charge in [-0.15, -0.1) is 0 Å². The van der Waals surface area contributed by atoms with E-state index < -0.39 is 10.0 Å². The van der Waals surface area contributed by atoms with Gasteiger partial charge in [-0.05, 0) is 31.4 Å². The maximum Gasteiger partial charge on any atom is 0.243 e. The van der Waals surface area contributed by atoms with Crippen molar-refractivity contribution in [1.82, 2.24) is 4.31 Å². The number of sulfonamides is 1. The first-order chi connectivity index (χ1) is 10.00. The summed E-state index contributed by atoms with van der Waals surface area (Å²) in [5.74, 6) is 0. The number of morpholine rings is 1. The molecular weight excluding hydrogens is 308 g/mol. The van der Waals surface area contributed by atoms with Gasteiger partial charge in [0.05, 0.1) is 23.6 Å². The van der Waals surface area contributed by atoms with Gasteiger partial charge in [-0.3, -0.25) is 0 Å². The number of thiocarbonyl (C=S) groups is 1. The van der Waals surface area contributed by atoms with Crippen LogP contribution in [0.1, 0.15) is 24.8 Å². The van der Waals surface area contributed by atoms with Crippen molar-refractivity contribution in [1.29, 1.82) is 0 Å². The summed E-state index contributed by atoms with van der Waals surface area (Å²) >= 11 is 4.93. The molecule has 2 fully saturated rings. The third kappa shape index (κ3) is 2.70. The van der Waals surface area contributed by atoms with Gasteiger partial charge in [-0.25, -0.2) is 8.42 Å². The molecule has 2 aliphatic rings. The maximum atomic E-state index is 12.9. The molecule has 1 aliphatic carbocycles. The van der Waals surface area contributed by atoms with Crippen LogP contribution in [0.15, 0.2) is 29.2 Å². The number of fused-ring (bicyclic) bond motifs is 1. The lowest BCUT2D eigenvalue weighted by atomic mass is 10.2. The molecule has 1 aromatic carbocycles. The first kappa shape index (κ1) is 14.9. The normalized spacial score (nSPS) is 26.5. The van der Waals surface area contributed by atoms with Crippen LogP contribution in [0, 0.1) is 0 Å². The van der Waals surface area contributed by atoms with Gasteiger partial charge in [0.1, 0.15) is 4.99 Å². The van der Waals surface area contributed by atoms with Crippen molar-refractivity contribution in [3.63, 3.8) is 0 Å². The van der Waals surface area contributed by atoms with Crippen molar-refractivity contribution < 1.29 is 13.2 Å². The van der Waals surface area contributed by atoms with Gasteiger partial charge in [0.2, 0.25) is 10.0 Å². The smallest absolute Gasteiger partial charge is 0.243 e. The van der Waals surface area contributed by atoms with E-state index in [1.807, 2.05) is 0 Å². The lowest BCUT2D eigenvalue weighted by molar-refractivity contribution is -0.0241. The summed E-state index contributed by atoms with van der Waals surface area (Å²) in [7, 11) is -3.53. The molecule has 2 N–H and O–H groups in total. The Morgan fingerprint density at radius 2 is 2.19 bits per heavy atom. The summed E-state index contributed by atoms with van der Waals surface area (Å²) in [4.78, 5) is 0.452. The largest absolute Gasteiger partial charge is 0.389 e. The Bertz CT molecular complexity index is 660. The molecule has 0 amide bonds. The molecule has 2 atom stereocenters. The van der Waals surface area contributed by atoms with Crippen LogP contribution in [0.25, 0.3) is 0 Å². The minimum Gasteiger partial charge on any atom is -0.389 e. The van der Waals surface area contributed by atoms with E-state index in [-0.39, 0.29) is 22.0 Å². The van der Waals surface area contributed by atoms with E-state index in [4.69, 9.17) is 22.7 Å². The quantitative estimate of drug-likeness (QED) is 0.847. The fourth-order valence-electron chi connectivity index (χ4n) is 3.13. The molecule has 0 aromatic heterocycles. The second-order valence-electron chi connectivity index (χ2n) is 5.42. The minimum atomic E-state index is -3.53. The van der Waals surface area contributed by atoms with Gasteiger partial charge < -0.3 is 10.5 Å². The summed E-state index contributed by atoms with van der Waals surface area (Å²) in [5.41, 5.74) is 6.16. The van der Waals surface area contributed by atoms with E-state index in [0.29, 0.717) is 18.7 Å². The Morgan fingerprint density at radius 1 is 1.38 bits per heavy atom. The standard InChI is InChI=1S/C14H18N2O3S2/c15-14(20)10-3-1-4-11(9-10)21(17,18)16-7-8-19-13-6-2-5-12(13)16/h1,3-4,9,12-13H,2,5-8H2,(H2,15,20). The third-order valence-corrected chi connectivity index (χ3v) is 6.31. The molecule has 1 aliphatic heterocycles. The Labute approximate surface area is 130 Å². The van der Waals surface area contributed by atoms with E-state index in [9.17, 15) is 8.42 Å². The Hall–Kier alpha value is -1.02. The van der Waals surface area contributed by atoms with E-state index in [2.05, 4.69) is 0 Å². The van der Waals surface area contributed by atoms with Crippen LogP contribution in [0.5, 0.6) is 0 Å². The van der Waals surface area contributed by atoms with Gasteiger partial charge in [0, 0.05) is 12.1 Å². The van der Waals surface area contributed by atoms with Gasteiger partial charge in [0.25, 0.3) is 0 Å². The summed E-state index contributed by atoms with van der Waals surface area (Å²) in [6, 6.07) is 6.50. The second-order valence-corrected chi connectivity index (χ2v) is 7.75. The molecular formula is C14H18N2O3S2. The molecule has 1 saturated heterocycles. The lowest BCUT2D eigenvalue weighted by Gasteiger charge is -2.36. The van der Waals surface area contributed by atoms with E-state index in [1.54, 1.807) is 28.6 Å². The van der Waals surface area contributed by atoms with Crippen molar-refractivity contribution in [2.45, 2.75) is 36.3 Å². The molecule has 2 unspecified atom stereocenters. The molecule has 1 aromatic rings. The van der Waals surface area contributed by atoms with Crippen LogP contribution in [-0.2, 0) is 14.8 Å². The van der Waals surface area contributed by atoms with Crippen molar-refractivity contribution >= 4 is 27.2 Å². The molecule has 1 saturated carbocycles. The first-order valence-electron chi connectivity index (χ1n) is 7.03. The zero-order valence-corrected chi connectivity index (χ0v) is 13.2. The number of rotatable bonds is 3. The predicted molar refractivity (Wildman–Crippen MR) is 83.6 cm³/mol. The number of nitrogens with two attached hydrogens (primary N) is 1. The highest BCUT2D eigenvalue weighted by molar-refractivity contribution is 7.89. The molecule has 5 nitrogen and oxygen atoms in total. The average molecular weight is 326 g/mol. The Balaban J connectivity index is 1.96. The van der Waals surface area contributed by atoms with Crippen LogP contribution < -0.4 is 5.73 Å². The Kier molecular flexibility index (Phi) is 4.00. The van der Waals surface area contributed by atoms with E-state index >= 15 is 0 Å². The van der Waals surface area contributed by atoms with Crippen LogP contribution in [0.3, 0.4) is 0 Å². The predicted octanol–water partition coefficient (Wildman–Crippen LogP) is 1.26. The fourth-order valence-corrected chi connectivity index (χ4v) is 4.97. The number of nitrogens with zero attached hydrogens (tertiary/aromatic N) is 1. The highest BCUT2D eigenvalue weighted by Gasteiger charge is 2.42. The SMILES string of the molecule is NC(=S)c1cccc(S(=O)(=O)N2CCOC3CCCC32)c1. The Morgan fingerprint density at radius 3 is 2.95 bits per heavy atom. The average Bonchev–Trinajstić information content (AvgIpc) is 2.95. The first-order valence-corrected chi connectivity index (χ1v) is 8.88. The molecule has 1 heterocycles. The zero-order chi connectivity index (χ0) is 15.0. The molecule has 0 radical (unpaired) electrons. The minimum absolute atomic E-state index is 0.0345. The lowest BCUT2D eigenvalue weighted by Crippen LogP contribution is -2.51. The van der Waals surface area contributed by atoms with Gasteiger partial charge in [0.15, 0.2) is 0 Å². The molecule has 114 valence electrons. The van der Waals surface area contributed by atoms with Crippen LogP contribution in [0.2, 0.25) is 0 Å². The highest BCUT2D eigenvalue weighted by Crippen LogP contribution is 2.33. The van der Waals surface area contributed by atoms with E-state index in [0.717, 1.165) is 19.3 Å². The monoisotopic (exact) mass is 326 g/mol. The topological polar surface area (TPSA) is 72.6 Å². The van der Waals surface area contributed by atoms with Crippen molar-refractivity contribution in [2.75, 3.05) is 13.2 Å². The van der Waals surface area contributed by atoms with Crippen LogP contribution in [-0.4, -0.2) is 43.0 Å². The number of ether oxygens (including phenoxy) is 1. The number of benzene rings is 1. The summed E-state index contributed by atoms with van der Waals surface area (Å²) in [6.07, 6.45) is 2.84. The summed E-state index contributed by atoms with van der Waals surface area (Å²) < 4.78 is 33.1. The van der Waals surface area contributed by atoms with Crippen molar-refractivity contribution in [3.05, 3.63) is 29.8 Å². The maximum absolute atomic E-state index is 12.9. The molecule has 0 spiro atoms. The summed E-state index contributed by atoms with van der Waals surface area (Å²) in [5, 5.41) is 0. The summed E-state index contributed by atoms with van der Waals surface area (Å²) in [6.45, 7) is 0.857. The number of hydrogen-bond donors (Lipinski definition) is 1. The van der Waals surface area contributed by atoms with Crippen molar-refractivity contribution in [2.24, 2.45) is 5.73 Å². The molecule has 21 heavy (non-hydrogen) atoms. The van der Waals surface area contributed by atoms with Gasteiger partial charge in [-0.2, -0.15) is 4.31 Å². The van der Waals surface area contributed by atoms with Crippen LogP contribution >= 0.6 is 12.2 Å². The fraction of sp³-hybridized carbons (Fsp3) is 0.500.